The molecule has 1 aromatic carbocycles. The van der Waals surface area contributed by atoms with E-state index in [1.165, 1.54) is 12.1 Å². The van der Waals surface area contributed by atoms with E-state index in [2.05, 4.69) is 4.90 Å². The number of carbonyl (C=O) groups excluding carboxylic acids is 2. The summed E-state index contributed by atoms with van der Waals surface area (Å²) in [7, 11) is 0. The van der Waals surface area contributed by atoms with E-state index in [0.29, 0.717) is 19.5 Å². The molecule has 2 aliphatic heterocycles. The zero-order chi connectivity index (χ0) is 17.1. The Kier molecular flexibility index (Phi) is 5.02. The highest BCUT2D eigenvalue weighted by Gasteiger charge is 2.30. The number of likely N-dealkylation sites (tertiary alicyclic amines) is 1. The molecular formula is C18H24FN3O2. The van der Waals surface area contributed by atoms with Crippen LogP contribution < -0.4 is 4.90 Å². The Morgan fingerprint density at radius 1 is 1.17 bits per heavy atom. The van der Waals surface area contributed by atoms with E-state index in [4.69, 9.17) is 0 Å². The summed E-state index contributed by atoms with van der Waals surface area (Å²) in [6, 6.07) is 6.63. The molecule has 6 heteroatoms. The van der Waals surface area contributed by atoms with Crippen molar-refractivity contribution in [3.8, 4) is 0 Å². The van der Waals surface area contributed by atoms with E-state index in [1.807, 2.05) is 11.8 Å². The second-order valence-corrected chi connectivity index (χ2v) is 6.61. The van der Waals surface area contributed by atoms with E-state index < -0.39 is 0 Å². The minimum atomic E-state index is -0.241. The van der Waals surface area contributed by atoms with Crippen LogP contribution in [-0.2, 0) is 9.59 Å². The molecule has 1 aromatic rings. The van der Waals surface area contributed by atoms with Gasteiger partial charge >= 0.3 is 0 Å². The standard InChI is InChI=1S/C18H24FN3O2/c1-14-3-8-17(23)22(14)13-18(24)21-10-2-9-20(11-12-21)16-6-4-15(19)5-7-16/h4-7,14H,2-3,8-13H2,1H3/t14-/m1/s1. The van der Waals surface area contributed by atoms with Crippen molar-refractivity contribution in [3.63, 3.8) is 0 Å². The molecule has 0 unspecified atom stereocenters. The molecule has 0 bridgehead atoms. The molecule has 130 valence electrons. The van der Waals surface area contributed by atoms with Gasteiger partial charge in [0, 0.05) is 44.3 Å². The lowest BCUT2D eigenvalue weighted by Gasteiger charge is -2.27. The lowest BCUT2D eigenvalue weighted by Crippen LogP contribution is -2.44. The molecular weight excluding hydrogens is 309 g/mol. The molecule has 24 heavy (non-hydrogen) atoms. The van der Waals surface area contributed by atoms with Gasteiger partial charge in [0.15, 0.2) is 0 Å². The molecule has 2 saturated heterocycles. The average molecular weight is 333 g/mol. The average Bonchev–Trinajstić information content (AvgIpc) is 2.79. The fraction of sp³-hybridized carbons (Fsp3) is 0.556. The van der Waals surface area contributed by atoms with Gasteiger partial charge in [-0.05, 0) is 44.0 Å². The minimum Gasteiger partial charge on any atom is -0.370 e. The molecule has 0 aliphatic carbocycles. The van der Waals surface area contributed by atoms with Gasteiger partial charge in [0.25, 0.3) is 0 Å². The fourth-order valence-electron chi connectivity index (χ4n) is 3.44. The highest BCUT2D eigenvalue weighted by Crippen LogP contribution is 2.19. The highest BCUT2D eigenvalue weighted by atomic mass is 19.1. The molecule has 2 amide bonds. The molecule has 0 N–H and O–H groups in total. The summed E-state index contributed by atoms with van der Waals surface area (Å²) in [4.78, 5) is 30.1. The number of hydrogen-bond acceptors (Lipinski definition) is 3. The Balaban J connectivity index is 1.57. The molecule has 5 nitrogen and oxygen atoms in total. The number of hydrogen-bond donors (Lipinski definition) is 0. The Morgan fingerprint density at radius 2 is 1.92 bits per heavy atom. The van der Waals surface area contributed by atoms with Gasteiger partial charge in [0.1, 0.15) is 5.82 Å². The monoisotopic (exact) mass is 333 g/mol. The van der Waals surface area contributed by atoms with Crippen LogP contribution in [0, 0.1) is 5.82 Å². The predicted octanol–water partition coefficient (Wildman–Crippen LogP) is 1.88. The Morgan fingerprint density at radius 3 is 2.58 bits per heavy atom. The number of rotatable bonds is 3. The van der Waals surface area contributed by atoms with Crippen molar-refractivity contribution in [3.05, 3.63) is 30.1 Å². The van der Waals surface area contributed by atoms with Crippen LogP contribution in [0.15, 0.2) is 24.3 Å². The molecule has 2 fully saturated rings. The van der Waals surface area contributed by atoms with Gasteiger partial charge in [-0.25, -0.2) is 4.39 Å². The van der Waals surface area contributed by atoms with E-state index in [9.17, 15) is 14.0 Å². The summed E-state index contributed by atoms with van der Waals surface area (Å²) < 4.78 is 13.1. The summed E-state index contributed by atoms with van der Waals surface area (Å²) in [6.45, 7) is 5.09. The van der Waals surface area contributed by atoms with Crippen LogP contribution in [0.5, 0.6) is 0 Å². The first-order valence-electron chi connectivity index (χ1n) is 8.62. The maximum atomic E-state index is 13.1. The van der Waals surface area contributed by atoms with Crippen LogP contribution in [0.25, 0.3) is 0 Å². The third kappa shape index (κ3) is 3.68. The van der Waals surface area contributed by atoms with Crippen LogP contribution in [0.3, 0.4) is 0 Å². The van der Waals surface area contributed by atoms with Crippen LogP contribution in [-0.4, -0.2) is 60.4 Å². The number of carbonyl (C=O) groups is 2. The van der Waals surface area contributed by atoms with Gasteiger partial charge in [-0.2, -0.15) is 0 Å². The third-order valence-corrected chi connectivity index (χ3v) is 4.97. The Hall–Kier alpha value is -2.11. The van der Waals surface area contributed by atoms with Crippen LogP contribution in [0.4, 0.5) is 10.1 Å². The van der Waals surface area contributed by atoms with E-state index in [1.54, 1.807) is 17.0 Å². The maximum Gasteiger partial charge on any atom is 0.242 e. The molecule has 2 aliphatic rings. The zero-order valence-electron chi connectivity index (χ0n) is 14.1. The van der Waals surface area contributed by atoms with E-state index in [0.717, 1.165) is 31.6 Å². The van der Waals surface area contributed by atoms with Crippen molar-refractivity contribution in [1.29, 1.82) is 0 Å². The number of nitrogens with zero attached hydrogens (tertiary/aromatic N) is 3. The van der Waals surface area contributed by atoms with Crippen LogP contribution in [0.2, 0.25) is 0 Å². The predicted molar refractivity (Wildman–Crippen MR) is 90.2 cm³/mol. The number of benzene rings is 1. The summed E-state index contributed by atoms with van der Waals surface area (Å²) >= 11 is 0. The van der Waals surface area contributed by atoms with Gasteiger partial charge in [-0.1, -0.05) is 0 Å². The topological polar surface area (TPSA) is 43.9 Å². The summed E-state index contributed by atoms with van der Waals surface area (Å²) in [6.07, 6.45) is 2.25. The minimum absolute atomic E-state index is 0.0260. The maximum absolute atomic E-state index is 13.1. The second kappa shape index (κ2) is 7.20. The van der Waals surface area contributed by atoms with Gasteiger partial charge in [-0.15, -0.1) is 0 Å². The Labute approximate surface area is 142 Å². The molecule has 0 aromatic heterocycles. The van der Waals surface area contributed by atoms with Crippen molar-refractivity contribution in [2.75, 3.05) is 37.6 Å². The number of anilines is 1. The third-order valence-electron chi connectivity index (χ3n) is 4.97. The van der Waals surface area contributed by atoms with Crippen LogP contribution >= 0.6 is 0 Å². The zero-order valence-corrected chi connectivity index (χ0v) is 14.1. The van der Waals surface area contributed by atoms with Crippen molar-refractivity contribution in [2.45, 2.75) is 32.2 Å². The quantitative estimate of drug-likeness (QED) is 0.848. The largest absolute Gasteiger partial charge is 0.370 e. The SMILES string of the molecule is C[C@@H]1CCC(=O)N1CC(=O)N1CCCN(c2ccc(F)cc2)CC1. The first-order chi connectivity index (χ1) is 11.5. The Bertz CT molecular complexity index is 605. The van der Waals surface area contributed by atoms with E-state index >= 15 is 0 Å². The van der Waals surface area contributed by atoms with Gasteiger partial charge in [0.2, 0.25) is 11.8 Å². The first kappa shape index (κ1) is 16.7. The lowest BCUT2D eigenvalue weighted by atomic mass is 10.2. The van der Waals surface area contributed by atoms with Gasteiger partial charge in [-0.3, -0.25) is 9.59 Å². The van der Waals surface area contributed by atoms with Crippen molar-refractivity contribution >= 4 is 17.5 Å². The van der Waals surface area contributed by atoms with E-state index in [-0.39, 0.29) is 30.2 Å². The molecule has 3 rings (SSSR count). The normalized spacial score (nSPS) is 22.0. The number of amides is 2. The number of halogens is 1. The summed E-state index contributed by atoms with van der Waals surface area (Å²) in [5.74, 6) is -0.133. The lowest BCUT2D eigenvalue weighted by molar-refractivity contribution is -0.139. The van der Waals surface area contributed by atoms with Gasteiger partial charge < -0.3 is 14.7 Å². The molecule has 0 saturated carbocycles. The summed E-state index contributed by atoms with van der Waals surface area (Å²) in [5, 5.41) is 0. The fourth-order valence-corrected chi connectivity index (χ4v) is 3.44. The second-order valence-electron chi connectivity index (χ2n) is 6.61. The molecule has 2 heterocycles. The molecule has 1 atom stereocenters. The summed E-state index contributed by atoms with van der Waals surface area (Å²) in [5.41, 5.74) is 0.981. The van der Waals surface area contributed by atoms with Gasteiger partial charge in [0.05, 0.1) is 6.54 Å². The van der Waals surface area contributed by atoms with Crippen molar-refractivity contribution in [2.24, 2.45) is 0 Å². The van der Waals surface area contributed by atoms with Crippen molar-refractivity contribution < 1.29 is 14.0 Å². The highest BCUT2D eigenvalue weighted by molar-refractivity contribution is 5.86. The molecule has 0 spiro atoms. The first-order valence-corrected chi connectivity index (χ1v) is 8.62. The smallest absolute Gasteiger partial charge is 0.242 e. The van der Waals surface area contributed by atoms with Crippen LogP contribution in [0.1, 0.15) is 26.2 Å². The van der Waals surface area contributed by atoms with Crippen molar-refractivity contribution in [1.82, 2.24) is 9.80 Å². The molecule has 0 radical (unpaired) electrons.